The maximum absolute atomic E-state index is 13.6. The van der Waals surface area contributed by atoms with Gasteiger partial charge in [-0.25, -0.2) is 18.7 Å². The first-order valence-electron chi connectivity index (χ1n) is 10.4. The van der Waals surface area contributed by atoms with Gasteiger partial charge in [-0.05, 0) is 37.7 Å². The van der Waals surface area contributed by atoms with Gasteiger partial charge in [0.2, 0.25) is 5.95 Å². The van der Waals surface area contributed by atoms with Crippen LogP contribution in [0.2, 0.25) is 0 Å². The molecule has 2 aromatic heterocycles. The summed E-state index contributed by atoms with van der Waals surface area (Å²) in [5.41, 5.74) is 0.842. The van der Waals surface area contributed by atoms with Gasteiger partial charge < -0.3 is 9.88 Å². The maximum atomic E-state index is 13.6. The van der Waals surface area contributed by atoms with E-state index in [4.69, 9.17) is 10.0 Å². The van der Waals surface area contributed by atoms with Crippen molar-refractivity contribution in [1.82, 2.24) is 14.3 Å². The van der Waals surface area contributed by atoms with Gasteiger partial charge in [0.15, 0.2) is 0 Å². The van der Waals surface area contributed by atoms with Crippen molar-refractivity contribution in [3.8, 4) is 6.07 Å². The van der Waals surface area contributed by atoms with Gasteiger partial charge in [0.1, 0.15) is 27.4 Å². The fraction of sp³-hybridized carbons (Fsp3) is 0.476. The molecule has 2 aromatic rings. The number of hydrogen-bond donors (Lipinski definition) is 3. The van der Waals surface area contributed by atoms with Crippen LogP contribution in [0.25, 0.3) is 0 Å². The van der Waals surface area contributed by atoms with Gasteiger partial charge in [-0.1, -0.05) is 19.3 Å². The van der Waals surface area contributed by atoms with Crippen molar-refractivity contribution in [2.45, 2.75) is 55.9 Å². The first-order chi connectivity index (χ1) is 14.8. The molecule has 8 nitrogen and oxygen atoms in total. The molecule has 31 heavy (non-hydrogen) atoms. The summed E-state index contributed by atoms with van der Waals surface area (Å²) in [5.74, 6) is -0.988. The number of halogens is 1. The molecule has 3 heterocycles. The number of rotatable bonds is 3. The highest BCUT2D eigenvalue weighted by atomic mass is 32.2. The summed E-state index contributed by atoms with van der Waals surface area (Å²) in [6.45, 7) is 0. The number of amides is 1. The standard InChI is InChI=1S/C21H25FN6O2S/c1-28-12-18-16(7-8-17(27-31(18,24)30)13-5-3-2-4-6-13)20(28)21(29)26-14-9-15(11-23)25-19(22)10-14/h9-10,12-13,17H,2-8H2,1H3,(H2,24,27,30)(H,25,26,29)/t17-,31?/m1/s1. The number of nitriles is 1. The van der Waals surface area contributed by atoms with Crippen LogP contribution in [0.1, 0.15) is 60.3 Å². The lowest BCUT2D eigenvalue weighted by atomic mass is 9.82. The van der Waals surface area contributed by atoms with Crippen LogP contribution in [0.5, 0.6) is 0 Å². The average molecular weight is 445 g/mol. The molecule has 0 radical (unpaired) electrons. The van der Waals surface area contributed by atoms with Gasteiger partial charge in [-0.2, -0.15) is 9.65 Å². The van der Waals surface area contributed by atoms with E-state index in [1.165, 1.54) is 12.5 Å². The lowest BCUT2D eigenvalue weighted by molar-refractivity contribution is 0.101. The number of carbonyl (C=O) groups is 1. The van der Waals surface area contributed by atoms with Gasteiger partial charge in [0.05, 0.1) is 4.90 Å². The van der Waals surface area contributed by atoms with Crippen molar-refractivity contribution >= 4 is 21.5 Å². The molecule has 2 aliphatic rings. The third kappa shape index (κ3) is 4.34. The highest BCUT2D eigenvalue weighted by Crippen LogP contribution is 2.34. The Hall–Kier alpha value is -2.77. The Morgan fingerprint density at radius 3 is 2.81 bits per heavy atom. The summed E-state index contributed by atoms with van der Waals surface area (Å²) in [6.07, 6.45) is 8.43. The van der Waals surface area contributed by atoms with E-state index in [0.29, 0.717) is 29.2 Å². The van der Waals surface area contributed by atoms with Gasteiger partial charge in [0.25, 0.3) is 5.91 Å². The smallest absolute Gasteiger partial charge is 0.272 e. The predicted octanol–water partition coefficient (Wildman–Crippen LogP) is 3.49. The fourth-order valence-corrected chi connectivity index (χ4v) is 6.47. The molecule has 1 aliphatic carbocycles. The van der Waals surface area contributed by atoms with Crippen molar-refractivity contribution in [3.05, 3.63) is 41.2 Å². The van der Waals surface area contributed by atoms with E-state index in [1.54, 1.807) is 23.9 Å². The number of nitrogens with zero attached hydrogens (tertiary/aromatic N) is 3. The third-order valence-electron chi connectivity index (χ3n) is 6.18. The average Bonchev–Trinajstić information content (AvgIpc) is 3.02. The zero-order valence-corrected chi connectivity index (χ0v) is 18.1. The molecule has 1 saturated carbocycles. The van der Waals surface area contributed by atoms with Crippen LogP contribution >= 0.6 is 0 Å². The second-order valence-electron chi connectivity index (χ2n) is 8.28. The molecule has 164 valence electrons. The summed E-state index contributed by atoms with van der Waals surface area (Å²) in [5, 5.41) is 11.6. The van der Waals surface area contributed by atoms with Crippen molar-refractivity contribution in [2.24, 2.45) is 13.0 Å². The van der Waals surface area contributed by atoms with Crippen LogP contribution in [0.15, 0.2) is 23.2 Å². The summed E-state index contributed by atoms with van der Waals surface area (Å²) in [4.78, 5) is 16.8. The number of fused-ring (bicyclic) bond motifs is 1. The second-order valence-corrected chi connectivity index (χ2v) is 10.1. The Bertz CT molecular complexity index is 1160. The summed E-state index contributed by atoms with van der Waals surface area (Å²) in [6, 6.07) is 4.06. The number of carbonyl (C=O) groups excluding carboxylic acids is 1. The molecule has 2 atom stereocenters. The lowest BCUT2D eigenvalue weighted by Gasteiger charge is -2.30. The van der Waals surface area contributed by atoms with Crippen LogP contribution in [0, 0.1) is 28.0 Å². The maximum Gasteiger partial charge on any atom is 0.272 e. The van der Waals surface area contributed by atoms with E-state index in [-0.39, 0.29) is 23.1 Å². The molecule has 0 bridgehead atoms. The van der Waals surface area contributed by atoms with Crippen LogP contribution in [-0.4, -0.2) is 25.7 Å². The minimum Gasteiger partial charge on any atom is -0.345 e. The Labute approximate surface area is 181 Å². The van der Waals surface area contributed by atoms with Gasteiger partial charge in [0, 0.05) is 36.6 Å². The fourth-order valence-electron chi connectivity index (χ4n) is 4.75. The zero-order valence-electron chi connectivity index (χ0n) is 17.3. The quantitative estimate of drug-likeness (QED) is 0.627. The molecule has 1 unspecified atom stereocenters. The molecular weight excluding hydrogens is 419 g/mol. The Kier molecular flexibility index (Phi) is 5.81. The molecule has 10 heteroatoms. The van der Waals surface area contributed by atoms with Gasteiger partial charge in [-0.3, -0.25) is 4.79 Å². The van der Waals surface area contributed by atoms with Gasteiger partial charge in [-0.15, -0.1) is 0 Å². The molecule has 4 rings (SSSR count). The van der Waals surface area contributed by atoms with E-state index in [9.17, 15) is 13.4 Å². The SMILES string of the molecule is Cn1cc2c(c1C(=O)Nc1cc(F)nc(C#N)c1)CC[C@H](C1CCCCC1)NS2(=N)=O. The molecule has 1 fully saturated rings. The topological polar surface area (TPSA) is 124 Å². The number of pyridine rings is 1. The second kappa shape index (κ2) is 8.40. The number of aryl methyl sites for hydroxylation is 1. The largest absolute Gasteiger partial charge is 0.345 e. The van der Waals surface area contributed by atoms with Crippen molar-refractivity contribution in [2.75, 3.05) is 5.32 Å². The molecule has 1 aliphatic heterocycles. The third-order valence-corrected chi connectivity index (χ3v) is 7.79. The summed E-state index contributed by atoms with van der Waals surface area (Å²) >= 11 is 0. The van der Waals surface area contributed by atoms with Crippen molar-refractivity contribution < 1.29 is 13.4 Å². The number of anilines is 1. The van der Waals surface area contributed by atoms with Crippen LogP contribution < -0.4 is 10.0 Å². The molecular formula is C21H25FN6O2S. The van der Waals surface area contributed by atoms with E-state index >= 15 is 0 Å². The monoisotopic (exact) mass is 444 g/mol. The normalized spacial score (nSPS) is 24.1. The first-order valence-corrected chi connectivity index (χ1v) is 12.0. The highest BCUT2D eigenvalue weighted by Gasteiger charge is 2.34. The number of aromatic nitrogens is 2. The van der Waals surface area contributed by atoms with Crippen molar-refractivity contribution in [3.63, 3.8) is 0 Å². The van der Waals surface area contributed by atoms with E-state index in [1.807, 2.05) is 0 Å². The molecule has 0 spiro atoms. The van der Waals surface area contributed by atoms with Gasteiger partial charge >= 0.3 is 0 Å². The minimum absolute atomic E-state index is 0.0219. The summed E-state index contributed by atoms with van der Waals surface area (Å²) < 4.78 is 40.1. The van der Waals surface area contributed by atoms with E-state index in [0.717, 1.165) is 31.7 Å². The number of nitrogens with one attached hydrogen (secondary N) is 3. The minimum atomic E-state index is -3.27. The predicted molar refractivity (Wildman–Crippen MR) is 113 cm³/mol. The van der Waals surface area contributed by atoms with Crippen molar-refractivity contribution in [1.29, 1.82) is 10.0 Å². The van der Waals surface area contributed by atoms with E-state index < -0.39 is 21.8 Å². The zero-order chi connectivity index (χ0) is 22.2. The highest BCUT2D eigenvalue weighted by molar-refractivity contribution is 7.90. The van der Waals surface area contributed by atoms with Crippen LogP contribution in [0.4, 0.5) is 10.1 Å². The Morgan fingerprint density at radius 2 is 2.10 bits per heavy atom. The number of hydrogen-bond acceptors (Lipinski definition) is 5. The molecule has 3 N–H and O–H groups in total. The van der Waals surface area contributed by atoms with Crippen LogP contribution in [-0.2, 0) is 23.4 Å². The summed E-state index contributed by atoms with van der Waals surface area (Å²) in [7, 11) is -1.61. The van der Waals surface area contributed by atoms with Crippen LogP contribution in [0.3, 0.4) is 0 Å². The Morgan fingerprint density at radius 1 is 1.35 bits per heavy atom. The van der Waals surface area contributed by atoms with E-state index in [2.05, 4.69) is 15.0 Å². The lowest BCUT2D eigenvalue weighted by Crippen LogP contribution is -2.39. The first kappa shape index (κ1) is 21.5. The molecule has 0 aromatic carbocycles. The molecule has 0 saturated heterocycles. The Balaban J connectivity index is 1.64. The molecule has 1 amide bonds.